The first kappa shape index (κ1) is 16.2. The van der Waals surface area contributed by atoms with Gasteiger partial charge in [-0.1, -0.05) is 25.1 Å². The maximum Gasteiger partial charge on any atom is 0.340 e. The molecule has 6 nitrogen and oxygen atoms in total. The van der Waals surface area contributed by atoms with Crippen molar-refractivity contribution in [3.63, 3.8) is 0 Å². The van der Waals surface area contributed by atoms with E-state index in [0.29, 0.717) is 46.1 Å². The second kappa shape index (κ2) is 6.22. The first-order chi connectivity index (χ1) is 12.6. The Labute approximate surface area is 149 Å². The summed E-state index contributed by atoms with van der Waals surface area (Å²) >= 11 is 0. The van der Waals surface area contributed by atoms with E-state index in [9.17, 15) is 14.7 Å². The van der Waals surface area contributed by atoms with Crippen molar-refractivity contribution >= 4 is 17.3 Å². The largest absolute Gasteiger partial charge is 0.493 e. The molecule has 1 aliphatic heterocycles. The van der Waals surface area contributed by atoms with Gasteiger partial charge < -0.3 is 19.3 Å². The van der Waals surface area contributed by atoms with Gasteiger partial charge in [0.05, 0.1) is 6.61 Å². The summed E-state index contributed by atoms with van der Waals surface area (Å²) in [5.74, 6) is -0.164. The fraction of sp³-hybridized carbons (Fsp3) is 0.200. The maximum absolute atomic E-state index is 12.7. The number of ketones is 1. The van der Waals surface area contributed by atoms with Gasteiger partial charge in [-0.15, -0.1) is 0 Å². The van der Waals surface area contributed by atoms with Crippen molar-refractivity contribution in [2.75, 3.05) is 13.4 Å². The predicted molar refractivity (Wildman–Crippen MR) is 92.8 cm³/mol. The average Bonchev–Trinajstić information content (AvgIpc) is 3.22. The van der Waals surface area contributed by atoms with Crippen LogP contribution >= 0.6 is 0 Å². The zero-order valence-corrected chi connectivity index (χ0v) is 14.1. The Balaban J connectivity index is 1.94. The number of rotatable bonds is 5. The van der Waals surface area contributed by atoms with Crippen molar-refractivity contribution in [2.24, 2.45) is 0 Å². The number of carboxylic acids is 1. The Bertz CT molecular complexity index is 957. The molecule has 0 amide bonds. The molecular weight excluding hydrogens is 336 g/mol. The summed E-state index contributed by atoms with van der Waals surface area (Å²) < 4.78 is 16.5. The lowest BCUT2D eigenvalue weighted by atomic mass is 9.96. The highest BCUT2D eigenvalue weighted by Gasteiger charge is 2.37. The third-order valence-electron chi connectivity index (χ3n) is 4.33. The molecule has 0 fully saturated rings. The van der Waals surface area contributed by atoms with E-state index in [1.54, 1.807) is 36.4 Å². The molecule has 1 aliphatic carbocycles. The number of carbonyl (C=O) groups is 2. The van der Waals surface area contributed by atoms with Crippen molar-refractivity contribution in [1.29, 1.82) is 0 Å². The van der Waals surface area contributed by atoms with E-state index >= 15 is 0 Å². The minimum absolute atomic E-state index is 0.115. The number of ether oxygens (including phenoxy) is 3. The highest BCUT2D eigenvalue weighted by Crippen LogP contribution is 2.45. The second-order valence-electron chi connectivity index (χ2n) is 5.98. The topological polar surface area (TPSA) is 82.1 Å². The average molecular weight is 352 g/mol. The summed E-state index contributed by atoms with van der Waals surface area (Å²) in [5.41, 5.74) is 1.52. The molecule has 0 spiro atoms. The molecule has 2 aromatic rings. The Hall–Kier alpha value is -3.28. The number of benzene rings is 2. The van der Waals surface area contributed by atoms with E-state index in [-0.39, 0.29) is 12.4 Å². The van der Waals surface area contributed by atoms with E-state index in [1.165, 1.54) is 0 Å². The smallest absolute Gasteiger partial charge is 0.340 e. The fourth-order valence-corrected chi connectivity index (χ4v) is 3.23. The highest BCUT2D eigenvalue weighted by molar-refractivity contribution is 6.35. The van der Waals surface area contributed by atoms with E-state index in [4.69, 9.17) is 14.2 Å². The number of fused-ring (bicyclic) bond motifs is 2. The van der Waals surface area contributed by atoms with Gasteiger partial charge in [-0.25, -0.2) is 4.79 Å². The lowest BCUT2D eigenvalue weighted by Gasteiger charge is -2.13. The number of hydrogen-bond acceptors (Lipinski definition) is 5. The quantitative estimate of drug-likeness (QED) is 0.832. The molecule has 0 radical (unpaired) electrons. The predicted octanol–water partition coefficient (Wildman–Crippen LogP) is 3.29. The molecule has 2 aliphatic rings. The third kappa shape index (κ3) is 2.42. The molecule has 0 saturated heterocycles. The van der Waals surface area contributed by atoms with E-state index in [2.05, 4.69) is 0 Å². The van der Waals surface area contributed by atoms with Gasteiger partial charge in [0, 0.05) is 16.7 Å². The molecule has 1 heterocycles. The van der Waals surface area contributed by atoms with Crippen LogP contribution in [0.25, 0.3) is 5.57 Å². The molecule has 6 heteroatoms. The fourth-order valence-electron chi connectivity index (χ4n) is 3.23. The van der Waals surface area contributed by atoms with Crippen LogP contribution in [0, 0.1) is 0 Å². The van der Waals surface area contributed by atoms with Crippen molar-refractivity contribution in [1.82, 2.24) is 0 Å². The van der Waals surface area contributed by atoms with Crippen LogP contribution in [-0.2, 0) is 4.79 Å². The molecular formula is C20H16O6. The molecule has 0 atom stereocenters. The number of aliphatic carboxylic acids is 1. The van der Waals surface area contributed by atoms with Crippen LogP contribution in [0.4, 0.5) is 0 Å². The van der Waals surface area contributed by atoms with Gasteiger partial charge in [0.25, 0.3) is 0 Å². The number of carboxylic acid groups (broad SMARTS) is 1. The standard InChI is InChI=1S/C20H16O6/c1-2-8-24-14-5-3-4-12-17(14)16(18(19(12)21)20(22)23)11-6-7-13-15(9-11)26-10-25-13/h3-7,9H,2,8,10H2,1H3,(H,22,23). The maximum atomic E-state index is 12.7. The van der Waals surface area contributed by atoms with Crippen LogP contribution < -0.4 is 14.2 Å². The molecule has 0 bridgehead atoms. The van der Waals surface area contributed by atoms with Gasteiger partial charge >= 0.3 is 5.97 Å². The van der Waals surface area contributed by atoms with Gasteiger partial charge in [0.1, 0.15) is 11.3 Å². The molecule has 0 unspecified atom stereocenters. The summed E-state index contributed by atoms with van der Waals surface area (Å²) in [6.07, 6.45) is 0.798. The van der Waals surface area contributed by atoms with Crippen LogP contribution in [0.3, 0.4) is 0 Å². The lowest BCUT2D eigenvalue weighted by molar-refractivity contribution is -0.132. The monoisotopic (exact) mass is 352 g/mol. The molecule has 0 saturated carbocycles. The number of carbonyl (C=O) groups excluding carboxylic acids is 1. The first-order valence-electron chi connectivity index (χ1n) is 8.30. The summed E-state index contributed by atoms with van der Waals surface area (Å²) in [6, 6.07) is 10.2. The van der Waals surface area contributed by atoms with E-state index in [0.717, 1.165) is 6.42 Å². The summed E-state index contributed by atoms with van der Waals surface area (Å²) in [4.78, 5) is 24.6. The Morgan fingerprint density at radius 1 is 1.19 bits per heavy atom. The van der Waals surface area contributed by atoms with Crippen LogP contribution in [0.5, 0.6) is 17.2 Å². The van der Waals surface area contributed by atoms with Crippen molar-refractivity contribution in [3.8, 4) is 17.2 Å². The SMILES string of the molecule is CCCOc1cccc2c1C(c1ccc3c(c1)OCO3)=C(C(=O)O)C2=O. The summed E-state index contributed by atoms with van der Waals surface area (Å²) in [7, 11) is 0. The normalized spacial score (nSPS) is 14.6. The second-order valence-corrected chi connectivity index (χ2v) is 5.98. The molecule has 132 valence electrons. The van der Waals surface area contributed by atoms with Crippen molar-refractivity contribution in [3.05, 3.63) is 58.7 Å². The summed E-state index contributed by atoms with van der Waals surface area (Å²) in [6.45, 7) is 2.57. The Morgan fingerprint density at radius 2 is 2.00 bits per heavy atom. The van der Waals surface area contributed by atoms with E-state index in [1.807, 2.05) is 6.92 Å². The van der Waals surface area contributed by atoms with Crippen LogP contribution in [0.1, 0.15) is 34.8 Å². The first-order valence-corrected chi connectivity index (χ1v) is 8.30. The molecule has 4 rings (SSSR count). The van der Waals surface area contributed by atoms with E-state index < -0.39 is 11.8 Å². The minimum atomic E-state index is -1.26. The highest BCUT2D eigenvalue weighted by atomic mass is 16.7. The van der Waals surface area contributed by atoms with Gasteiger partial charge in [-0.3, -0.25) is 4.79 Å². The van der Waals surface area contributed by atoms with Gasteiger partial charge in [-0.2, -0.15) is 0 Å². The Morgan fingerprint density at radius 3 is 2.77 bits per heavy atom. The lowest BCUT2D eigenvalue weighted by Crippen LogP contribution is -2.09. The summed E-state index contributed by atoms with van der Waals surface area (Å²) in [5, 5.41) is 9.67. The molecule has 1 N–H and O–H groups in total. The molecule has 26 heavy (non-hydrogen) atoms. The van der Waals surface area contributed by atoms with Crippen molar-refractivity contribution < 1.29 is 28.9 Å². The number of Topliss-reactive ketones (excluding diaryl/α,β-unsaturated/α-hetero) is 1. The Kier molecular flexibility index (Phi) is 3.88. The van der Waals surface area contributed by atoms with Crippen molar-refractivity contribution in [2.45, 2.75) is 13.3 Å². The van der Waals surface area contributed by atoms with Crippen LogP contribution in [0.15, 0.2) is 42.0 Å². The minimum Gasteiger partial charge on any atom is -0.493 e. The number of hydrogen-bond donors (Lipinski definition) is 1. The zero-order valence-electron chi connectivity index (χ0n) is 14.1. The van der Waals surface area contributed by atoms with Crippen LogP contribution in [0.2, 0.25) is 0 Å². The van der Waals surface area contributed by atoms with Gasteiger partial charge in [0.2, 0.25) is 12.6 Å². The third-order valence-corrected chi connectivity index (χ3v) is 4.33. The van der Waals surface area contributed by atoms with Crippen LogP contribution in [-0.4, -0.2) is 30.3 Å². The van der Waals surface area contributed by atoms with Gasteiger partial charge in [0.15, 0.2) is 11.5 Å². The van der Waals surface area contributed by atoms with Gasteiger partial charge in [-0.05, 0) is 30.2 Å². The molecule has 2 aromatic carbocycles. The molecule has 0 aromatic heterocycles. The zero-order chi connectivity index (χ0) is 18.3.